The van der Waals surface area contributed by atoms with Crippen LogP contribution in [0.1, 0.15) is 18.4 Å². The lowest BCUT2D eigenvalue weighted by Crippen LogP contribution is -2.49. The predicted octanol–water partition coefficient (Wildman–Crippen LogP) is 2.66. The summed E-state index contributed by atoms with van der Waals surface area (Å²) in [6.45, 7) is 1.51. The van der Waals surface area contributed by atoms with Gasteiger partial charge in [-0.3, -0.25) is 9.78 Å². The van der Waals surface area contributed by atoms with Crippen molar-refractivity contribution < 1.29 is 24.1 Å². The van der Waals surface area contributed by atoms with Crippen molar-refractivity contribution in [1.29, 1.82) is 0 Å². The van der Waals surface area contributed by atoms with E-state index in [1.54, 1.807) is 39.7 Å². The summed E-state index contributed by atoms with van der Waals surface area (Å²) in [6.07, 6.45) is 6.82. The maximum Gasteiger partial charge on any atom is 0.226 e. The molecule has 0 radical (unpaired) electrons. The predicted molar refractivity (Wildman–Crippen MR) is 120 cm³/mol. The van der Waals surface area contributed by atoms with Crippen LogP contribution in [0.3, 0.4) is 0 Å². The number of piperidine rings is 1. The van der Waals surface area contributed by atoms with Crippen LogP contribution >= 0.6 is 0 Å². The third-order valence-corrected chi connectivity index (χ3v) is 6.17. The van der Waals surface area contributed by atoms with E-state index in [2.05, 4.69) is 4.98 Å². The van der Waals surface area contributed by atoms with Crippen molar-refractivity contribution in [3.05, 3.63) is 48.4 Å². The number of methoxy groups -OCH3 is 3. The fourth-order valence-electron chi connectivity index (χ4n) is 4.34. The average Bonchev–Trinajstić information content (AvgIpc) is 3.21. The Labute approximate surface area is 187 Å². The smallest absolute Gasteiger partial charge is 0.226 e. The topological polar surface area (TPSA) is 86.1 Å². The monoisotopic (exact) mass is 439 g/mol. The van der Waals surface area contributed by atoms with Crippen LogP contribution in [0, 0.1) is 0 Å². The van der Waals surface area contributed by atoms with Crippen molar-refractivity contribution in [2.24, 2.45) is 0 Å². The highest BCUT2D eigenvalue weighted by Crippen LogP contribution is 2.38. The fraction of sp³-hybridized carbons (Fsp3) is 0.417. The molecule has 8 nitrogen and oxygen atoms in total. The van der Waals surface area contributed by atoms with Crippen LogP contribution < -0.4 is 14.2 Å². The zero-order valence-electron chi connectivity index (χ0n) is 18.7. The summed E-state index contributed by atoms with van der Waals surface area (Å²) >= 11 is 0. The molecule has 0 unspecified atom stereocenters. The molecule has 8 heteroatoms. The van der Waals surface area contributed by atoms with Crippen molar-refractivity contribution in [1.82, 2.24) is 14.5 Å². The zero-order chi connectivity index (χ0) is 22.7. The molecule has 1 amide bonds. The highest BCUT2D eigenvalue weighted by molar-refractivity contribution is 5.80. The molecule has 0 atom stereocenters. The molecule has 1 saturated heterocycles. The van der Waals surface area contributed by atoms with Crippen molar-refractivity contribution >= 4 is 16.8 Å². The van der Waals surface area contributed by atoms with Gasteiger partial charge in [-0.2, -0.15) is 0 Å². The third-order valence-electron chi connectivity index (χ3n) is 6.17. The number of ether oxygens (including phenoxy) is 3. The number of benzene rings is 1. The highest BCUT2D eigenvalue weighted by atomic mass is 16.5. The lowest BCUT2D eigenvalue weighted by atomic mass is 9.91. The number of amides is 1. The average molecular weight is 440 g/mol. The normalized spacial score (nSPS) is 15.6. The Bertz CT molecular complexity index is 1080. The number of hydrogen-bond acceptors (Lipinski definition) is 6. The molecule has 4 rings (SSSR count). The first-order chi connectivity index (χ1) is 15.5. The second-order valence-corrected chi connectivity index (χ2v) is 8.19. The van der Waals surface area contributed by atoms with E-state index in [1.165, 1.54) is 0 Å². The van der Waals surface area contributed by atoms with Gasteiger partial charge in [-0.25, -0.2) is 0 Å². The lowest BCUT2D eigenvalue weighted by Gasteiger charge is -2.38. The van der Waals surface area contributed by atoms with E-state index in [-0.39, 0.29) is 12.3 Å². The lowest BCUT2D eigenvalue weighted by molar-refractivity contribution is -0.135. The van der Waals surface area contributed by atoms with Crippen LogP contribution in [0.15, 0.2) is 42.9 Å². The molecule has 0 bridgehead atoms. The Morgan fingerprint density at radius 1 is 1.09 bits per heavy atom. The Morgan fingerprint density at radius 2 is 1.78 bits per heavy atom. The number of pyridine rings is 1. The van der Waals surface area contributed by atoms with Gasteiger partial charge < -0.3 is 28.8 Å². The number of aromatic nitrogens is 2. The molecule has 3 heterocycles. The third kappa shape index (κ3) is 4.36. The van der Waals surface area contributed by atoms with Gasteiger partial charge in [-0.05, 0) is 42.7 Å². The Hall–Kier alpha value is -3.26. The van der Waals surface area contributed by atoms with E-state index in [9.17, 15) is 9.90 Å². The second-order valence-electron chi connectivity index (χ2n) is 8.19. The number of carbonyl (C=O) groups is 1. The molecular formula is C24H29N3O5. The van der Waals surface area contributed by atoms with E-state index in [1.807, 2.05) is 34.0 Å². The number of likely N-dealkylation sites (tertiary alicyclic amines) is 1. The van der Waals surface area contributed by atoms with Gasteiger partial charge in [0.1, 0.15) is 0 Å². The number of fused-ring (bicyclic) bond motifs is 1. The molecule has 0 saturated carbocycles. The Balaban J connectivity index is 1.40. The number of nitrogens with zero attached hydrogens (tertiary/aromatic N) is 3. The summed E-state index contributed by atoms with van der Waals surface area (Å²) in [5, 5.41) is 12.3. The van der Waals surface area contributed by atoms with Crippen LogP contribution in [-0.2, 0) is 17.8 Å². The van der Waals surface area contributed by atoms with Gasteiger partial charge >= 0.3 is 0 Å². The van der Waals surface area contributed by atoms with Crippen LogP contribution in [0.5, 0.6) is 17.2 Å². The summed E-state index contributed by atoms with van der Waals surface area (Å²) in [5.41, 5.74) is 0.934. The molecular weight excluding hydrogens is 410 g/mol. The molecule has 1 aromatic carbocycles. The van der Waals surface area contributed by atoms with Crippen molar-refractivity contribution in [3.63, 3.8) is 0 Å². The number of hydrogen-bond donors (Lipinski definition) is 1. The molecule has 170 valence electrons. The maximum atomic E-state index is 12.9. The van der Waals surface area contributed by atoms with Gasteiger partial charge in [0.15, 0.2) is 11.5 Å². The summed E-state index contributed by atoms with van der Waals surface area (Å²) in [7, 11) is 4.66. The molecule has 1 N–H and O–H groups in total. The molecule has 1 aliphatic heterocycles. The van der Waals surface area contributed by atoms with Gasteiger partial charge in [-0.1, -0.05) is 0 Å². The first kappa shape index (κ1) is 22.0. The van der Waals surface area contributed by atoms with Gasteiger partial charge in [0.2, 0.25) is 11.7 Å². The van der Waals surface area contributed by atoms with Crippen molar-refractivity contribution in [3.8, 4) is 17.2 Å². The molecule has 0 spiro atoms. The second kappa shape index (κ2) is 9.08. The molecule has 32 heavy (non-hydrogen) atoms. The zero-order valence-corrected chi connectivity index (χ0v) is 18.7. The SMILES string of the molecule is COc1cc(CC(=O)N2CCC(O)(Cn3ccc4ccncc43)CC2)cc(OC)c1OC. The van der Waals surface area contributed by atoms with Gasteiger partial charge in [0, 0.05) is 30.9 Å². The Kier molecular flexibility index (Phi) is 6.23. The quantitative estimate of drug-likeness (QED) is 0.609. The number of carbonyl (C=O) groups excluding carboxylic acids is 1. The van der Waals surface area contributed by atoms with E-state index in [4.69, 9.17) is 14.2 Å². The van der Waals surface area contributed by atoms with Crippen LogP contribution in [-0.4, -0.2) is 65.5 Å². The molecule has 0 aliphatic carbocycles. The maximum absolute atomic E-state index is 12.9. The summed E-state index contributed by atoms with van der Waals surface area (Å²) in [4.78, 5) is 18.9. The van der Waals surface area contributed by atoms with Gasteiger partial charge in [0.05, 0.1) is 51.6 Å². The molecule has 1 aliphatic rings. The minimum atomic E-state index is -0.856. The van der Waals surface area contributed by atoms with E-state index in [0.717, 1.165) is 16.5 Å². The van der Waals surface area contributed by atoms with Gasteiger partial charge in [-0.15, -0.1) is 0 Å². The highest BCUT2D eigenvalue weighted by Gasteiger charge is 2.34. The molecule has 3 aromatic rings. The Morgan fingerprint density at radius 3 is 2.41 bits per heavy atom. The van der Waals surface area contributed by atoms with Crippen molar-refractivity contribution in [2.75, 3.05) is 34.4 Å². The van der Waals surface area contributed by atoms with E-state index < -0.39 is 5.60 Å². The first-order valence-electron chi connectivity index (χ1n) is 10.6. The van der Waals surface area contributed by atoms with Crippen LogP contribution in [0.25, 0.3) is 10.9 Å². The first-order valence-corrected chi connectivity index (χ1v) is 10.6. The number of aliphatic hydroxyl groups is 1. The van der Waals surface area contributed by atoms with Gasteiger partial charge in [0.25, 0.3) is 0 Å². The van der Waals surface area contributed by atoms with Crippen molar-refractivity contribution in [2.45, 2.75) is 31.4 Å². The van der Waals surface area contributed by atoms with Crippen LogP contribution in [0.2, 0.25) is 0 Å². The van der Waals surface area contributed by atoms with E-state index in [0.29, 0.717) is 49.7 Å². The molecule has 2 aromatic heterocycles. The fourth-order valence-corrected chi connectivity index (χ4v) is 4.34. The minimum Gasteiger partial charge on any atom is -0.493 e. The summed E-state index contributed by atoms with van der Waals surface area (Å²) < 4.78 is 18.2. The minimum absolute atomic E-state index is 0.0111. The molecule has 1 fully saturated rings. The standard InChI is InChI=1S/C24H29N3O5/c1-30-20-12-17(13-21(31-2)23(20)32-3)14-22(28)26-10-6-24(29,7-11-26)16-27-9-5-18-4-8-25-15-19(18)27/h4-5,8-9,12-13,15,29H,6-7,10-11,14,16H2,1-3H3. The summed E-state index contributed by atoms with van der Waals surface area (Å²) in [6, 6.07) is 7.58. The summed E-state index contributed by atoms with van der Waals surface area (Å²) in [5.74, 6) is 1.56. The largest absolute Gasteiger partial charge is 0.493 e. The number of rotatable bonds is 7. The van der Waals surface area contributed by atoms with E-state index >= 15 is 0 Å². The van der Waals surface area contributed by atoms with Crippen LogP contribution in [0.4, 0.5) is 0 Å².